The van der Waals surface area contributed by atoms with E-state index in [0.717, 1.165) is 0 Å². The first-order chi connectivity index (χ1) is 4.20. The molecule has 1 rings (SSSR count). The van der Waals surface area contributed by atoms with Gasteiger partial charge in [-0.25, -0.2) is 4.98 Å². The second kappa shape index (κ2) is 1.93. The molecule has 0 aliphatic heterocycles. The number of nitrogens with zero attached hydrogens (tertiary/aromatic N) is 1. The molecule has 0 aromatic carbocycles. The van der Waals surface area contributed by atoms with E-state index in [1.54, 1.807) is 6.92 Å². The normalized spacial score (nSPS) is 9.44. The third-order valence-corrected chi connectivity index (χ3v) is 0.915. The molecule has 0 bridgehead atoms. The molecule has 0 spiro atoms. The molecule has 3 nitrogen and oxygen atoms in total. The lowest BCUT2D eigenvalue weighted by Crippen LogP contribution is -1.78. The van der Waals surface area contributed by atoms with E-state index in [9.17, 15) is 0 Å². The smallest absolute Gasteiger partial charge is 0.191 e. The van der Waals surface area contributed by atoms with Crippen LogP contribution in [0.25, 0.3) is 5.76 Å². The van der Waals surface area contributed by atoms with Crippen LogP contribution in [0, 0.1) is 6.92 Å². The van der Waals surface area contributed by atoms with Crippen molar-refractivity contribution >= 4 is 5.76 Å². The van der Waals surface area contributed by atoms with Crippen LogP contribution in [0.4, 0.5) is 0 Å². The fraction of sp³-hybridized carbons (Fsp3) is 0.167. The molecular weight excluding hydrogens is 118 g/mol. The second-order valence-electron chi connectivity index (χ2n) is 1.70. The van der Waals surface area contributed by atoms with Gasteiger partial charge in [-0.3, -0.25) is 0 Å². The van der Waals surface area contributed by atoms with Gasteiger partial charge in [0.2, 0.25) is 0 Å². The molecule has 0 aliphatic carbocycles. The van der Waals surface area contributed by atoms with E-state index in [-0.39, 0.29) is 5.76 Å². The first-order valence-electron chi connectivity index (χ1n) is 2.50. The first-order valence-corrected chi connectivity index (χ1v) is 2.50. The van der Waals surface area contributed by atoms with Crippen LogP contribution in [0.3, 0.4) is 0 Å². The number of hydrogen-bond donors (Lipinski definition) is 1. The second-order valence-corrected chi connectivity index (χ2v) is 1.70. The van der Waals surface area contributed by atoms with Gasteiger partial charge >= 0.3 is 0 Å². The molecule has 0 atom stereocenters. The molecule has 1 heterocycles. The summed E-state index contributed by atoms with van der Waals surface area (Å²) in [4.78, 5) is 3.79. The molecule has 9 heavy (non-hydrogen) atoms. The van der Waals surface area contributed by atoms with Crippen molar-refractivity contribution in [2.75, 3.05) is 0 Å². The van der Waals surface area contributed by atoms with Crippen LogP contribution < -0.4 is 0 Å². The lowest BCUT2D eigenvalue weighted by atomic mass is 10.4. The largest absolute Gasteiger partial charge is 0.506 e. The minimum Gasteiger partial charge on any atom is -0.506 e. The Hall–Kier alpha value is -1.25. The average molecular weight is 125 g/mol. The Balaban J connectivity index is 2.98. The summed E-state index contributed by atoms with van der Waals surface area (Å²) in [6.45, 7) is 4.97. The summed E-state index contributed by atoms with van der Waals surface area (Å²) in [5, 5.41) is 8.72. The van der Waals surface area contributed by atoms with Gasteiger partial charge < -0.3 is 9.52 Å². The molecule has 48 valence electrons. The van der Waals surface area contributed by atoms with Crippen LogP contribution in [-0.4, -0.2) is 10.1 Å². The van der Waals surface area contributed by atoms with Gasteiger partial charge in [-0.1, -0.05) is 6.58 Å². The van der Waals surface area contributed by atoms with Crippen molar-refractivity contribution in [3.63, 3.8) is 0 Å². The summed E-state index contributed by atoms with van der Waals surface area (Å²) in [5.74, 6) is 0.465. The van der Waals surface area contributed by atoms with E-state index < -0.39 is 0 Å². The zero-order valence-electron chi connectivity index (χ0n) is 5.09. The molecule has 0 aliphatic rings. The lowest BCUT2D eigenvalue weighted by molar-refractivity contribution is 0.506. The van der Waals surface area contributed by atoms with Gasteiger partial charge in [0.25, 0.3) is 0 Å². The molecule has 0 fully saturated rings. The van der Waals surface area contributed by atoms with Gasteiger partial charge in [0.05, 0.1) is 0 Å². The maximum atomic E-state index is 8.72. The Morgan fingerprint density at radius 1 is 1.89 bits per heavy atom. The van der Waals surface area contributed by atoms with Crippen molar-refractivity contribution < 1.29 is 9.52 Å². The fourth-order valence-corrected chi connectivity index (χ4v) is 0.496. The van der Waals surface area contributed by atoms with Crippen LogP contribution in [0.2, 0.25) is 0 Å². The molecule has 1 aromatic rings. The Morgan fingerprint density at radius 2 is 2.56 bits per heavy atom. The molecule has 0 radical (unpaired) electrons. The molecule has 1 aromatic heterocycles. The highest BCUT2D eigenvalue weighted by atomic mass is 16.3. The van der Waals surface area contributed by atoms with Crippen molar-refractivity contribution in [3.8, 4) is 0 Å². The van der Waals surface area contributed by atoms with Crippen LogP contribution in [0.15, 0.2) is 17.3 Å². The fourth-order valence-electron chi connectivity index (χ4n) is 0.496. The summed E-state index contributed by atoms with van der Waals surface area (Å²) < 4.78 is 4.79. The number of oxazole rings is 1. The van der Waals surface area contributed by atoms with E-state index >= 15 is 0 Å². The van der Waals surface area contributed by atoms with Gasteiger partial charge in [0, 0.05) is 6.92 Å². The predicted octanol–water partition coefficient (Wildman–Crippen LogP) is 1.51. The third kappa shape index (κ3) is 1.10. The average Bonchev–Trinajstić information content (AvgIpc) is 2.14. The number of aliphatic hydroxyl groups is 1. The molecule has 0 saturated carbocycles. The lowest BCUT2D eigenvalue weighted by Gasteiger charge is -1.83. The van der Waals surface area contributed by atoms with Crippen molar-refractivity contribution in [1.82, 2.24) is 4.98 Å². The Morgan fingerprint density at radius 3 is 2.78 bits per heavy atom. The SMILES string of the molecule is C=C(O)c1coc(C)n1. The summed E-state index contributed by atoms with van der Waals surface area (Å²) in [5.41, 5.74) is 0.396. The van der Waals surface area contributed by atoms with E-state index in [4.69, 9.17) is 9.52 Å². The highest BCUT2D eigenvalue weighted by Gasteiger charge is 1.99. The van der Waals surface area contributed by atoms with Crippen molar-refractivity contribution in [3.05, 3.63) is 24.4 Å². The standard InChI is InChI=1S/C6H7NO2/c1-4(8)6-3-9-5(2)7-6/h3,8H,1H2,2H3. The number of aromatic nitrogens is 1. The van der Waals surface area contributed by atoms with Crippen LogP contribution >= 0.6 is 0 Å². The van der Waals surface area contributed by atoms with E-state index in [0.29, 0.717) is 11.6 Å². The van der Waals surface area contributed by atoms with Gasteiger partial charge in [-0.15, -0.1) is 0 Å². The monoisotopic (exact) mass is 125 g/mol. The zero-order chi connectivity index (χ0) is 6.85. The Labute approximate surface area is 52.6 Å². The maximum Gasteiger partial charge on any atom is 0.191 e. The van der Waals surface area contributed by atoms with Crippen LogP contribution in [0.5, 0.6) is 0 Å². The van der Waals surface area contributed by atoms with Gasteiger partial charge in [0.15, 0.2) is 5.89 Å². The van der Waals surface area contributed by atoms with Gasteiger partial charge in [0.1, 0.15) is 17.7 Å². The third-order valence-electron chi connectivity index (χ3n) is 0.915. The van der Waals surface area contributed by atoms with E-state index in [1.165, 1.54) is 6.26 Å². The van der Waals surface area contributed by atoms with Crippen molar-refractivity contribution in [1.29, 1.82) is 0 Å². The molecule has 3 heteroatoms. The van der Waals surface area contributed by atoms with Crippen LogP contribution in [-0.2, 0) is 0 Å². The number of rotatable bonds is 1. The van der Waals surface area contributed by atoms with Gasteiger partial charge in [-0.2, -0.15) is 0 Å². The molecule has 1 N–H and O–H groups in total. The molecule has 0 amide bonds. The summed E-state index contributed by atoms with van der Waals surface area (Å²) in [6, 6.07) is 0. The highest BCUT2D eigenvalue weighted by molar-refractivity contribution is 5.49. The highest BCUT2D eigenvalue weighted by Crippen LogP contribution is 2.06. The maximum absolute atomic E-state index is 8.72. The topological polar surface area (TPSA) is 46.3 Å². The molecular formula is C6H7NO2. The predicted molar refractivity (Wildman–Crippen MR) is 32.9 cm³/mol. The Kier molecular flexibility index (Phi) is 1.26. The Bertz CT molecular complexity index is 227. The summed E-state index contributed by atoms with van der Waals surface area (Å²) in [6.07, 6.45) is 1.36. The number of hydrogen-bond acceptors (Lipinski definition) is 3. The van der Waals surface area contributed by atoms with E-state index in [2.05, 4.69) is 11.6 Å². The quantitative estimate of drug-likeness (QED) is 0.578. The van der Waals surface area contributed by atoms with Crippen molar-refractivity contribution in [2.24, 2.45) is 0 Å². The number of aryl methyl sites for hydroxylation is 1. The van der Waals surface area contributed by atoms with Crippen molar-refractivity contribution in [2.45, 2.75) is 6.92 Å². The van der Waals surface area contributed by atoms with Crippen LogP contribution in [0.1, 0.15) is 11.6 Å². The van der Waals surface area contributed by atoms with E-state index in [1.807, 2.05) is 0 Å². The minimum absolute atomic E-state index is 0.0631. The summed E-state index contributed by atoms with van der Waals surface area (Å²) >= 11 is 0. The minimum atomic E-state index is -0.0631. The number of aliphatic hydroxyl groups excluding tert-OH is 1. The molecule has 0 unspecified atom stereocenters. The zero-order valence-corrected chi connectivity index (χ0v) is 5.09. The molecule has 0 saturated heterocycles. The van der Waals surface area contributed by atoms with Gasteiger partial charge in [-0.05, 0) is 0 Å². The first kappa shape index (κ1) is 5.88. The summed E-state index contributed by atoms with van der Waals surface area (Å²) in [7, 11) is 0.